The second kappa shape index (κ2) is 5.50. The van der Waals surface area contributed by atoms with Crippen LogP contribution in [0.25, 0.3) is 0 Å². The van der Waals surface area contributed by atoms with Gasteiger partial charge in [0.2, 0.25) is 0 Å². The molecule has 2 aliphatic carbocycles. The molecule has 2 fully saturated rings. The van der Waals surface area contributed by atoms with E-state index in [1.54, 1.807) is 0 Å². The molecule has 0 aromatic heterocycles. The molecule has 2 saturated carbocycles. The first-order valence-corrected chi connectivity index (χ1v) is 7.93. The van der Waals surface area contributed by atoms with Gasteiger partial charge < -0.3 is 15.7 Å². The SMILES string of the molecule is CC1(C)C(NC(=O)NCC2CCC(C(=O)O)CC2)C1(C)C. The number of carboxylic acid groups (broad SMARTS) is 1. The highest BCUT2D eigenvalue weighted by Gasteiger charge is 2.65. The Balaban J connectivity index is 1.68. The van der Waals surface area contributed by atoms with Crippen LogP contribution in [0, 0.1) is 22.7 Å². The van der Waals surface area contributed by atoms with E-state index in [0.29, 0.717) is 12.5 Å². The quantitative estimate of drug-likeness (QED) is 0.746. The van der Waals surface area contributed by atoms with Crippen LogP contribution < -0.4 is 10.6 Å². The Kier molecular flexibility index (Phi) is 4.22. The smallest absolute Gasteiger partial charge is 0.315 e. The molecule has 0 aromatic rings. The van der Waals surface area contributed by atoms with Crippen LogP contribution in [-0.2, 0) is 4.79 Å². The van der Waals surface area contributed by atoms with E-state index in [1.807, 2.05) is 0 Å². The number of aliphatic carboxylic acids is 1. The summed E-state index contributed by atoms with van der Waals surface area (Å²) in [7, 11) is 0. The van der Waals surface area contributed by atoms with E-state index in [9.17, 15) is 9.59 Å². The number of urea groups is 1. The van der Waals surface area contributed by atoms with Gasteiger partial charge in [-0.2, -0.15) is 0 Å². The minimum absolute atomic E-state index is 0.0981. The van der Waals surface area contributed by atoms with Crippen molar-refractivity contribution in [2.75, 3.05) is 6.54 Å². The van der Waals surface area contributed by atoms with Gasteiger partial charge in [-0.3, -0.25) is 4.79 Å². The third-order valence-corrected chi connectivity index (χ3v) is 6.04. The molecule has 0 unspecified atom stereocenters. The Morgan fingerprint density at radius 2 is 1.57 bits per heavy atom. The van der Waals surface area contributed by atoms with E-state index in [1.165, 1.54) is 0 Å². The van der Waals surface area contributed by atoms with Crippen molar-refractivity contribution in [3.63, 3.8) is 0 Å². The Hall–Kier alpha value is -1.26. The maximum atomic E-state index is 12.0. The van der Waals surface area contributed by atoms with Crippen LogP contribution in [0.2, 0.25) is 0 Å². The summed E-state index contributed by atoms with van der Waals surface area (Å²) in [6, 6.07) is 0.117. The van der Waals surface area contributed by atoms with Crippen LogP contribution >= 0.6 is 0 Å². The minimum Gasteiger partial charge on any atom is -0.481 e. The number of hydrogen-bond donors (Lipinski definition) is 3. The van der Waals surface area contributed by atoms with E-state index >= 15 is 0 Å². The maximum Gasteiger partial charge on any atom is 0.315 e. The van der Waals surface area contributed by atoms with Crippen LogP contribution in [0.15, 0.2) is 0 Å². The Morgan fingerprint density at radius 3 is 2.00 bits per heavy atom. The number of nitrogens with one attached hydrogen (secondary N) is 2. The molecule has 0 bridgehead atoms. The zero-order valence-electron chi connectivity index (χ0n) is 13.5. The molecule has 5 heteroatoms. The first-order valence-electron chi connectivity index (χ1n) is 7.93. The van der Waals surface area contributed by atoms with Crippen LogP contribution in [-0.4, -0.2) is 29.7 Å². The maximum absolute atomic E-state index is 12.0. The van der Waals surface area contributed by atoms with Crippen LogP contribution in [0.4, 0.5) is 4.79 Å². The minimum atomic E-state index is -0.683. The van der Waals surface area contributed by atoms with Gasteiger partial charge in [0, 0.05) is 12.6 Å². The van der Waals surface area contributed by atoms with E-state index in [4.69, 9.17) is 5.11 Å². The largest absolute Gasteiger partial charge is 0.481 e. The molecular weight excluding hydrogens is 268 g/mol. The second-order valence-electron chi connectivity index (χ2n) is 7.79. The average molecular weight is 296 g/mol. The third kappa shape index (κ3) is 3.16. The number of hydrogen-bond acceptors (Lipinski definition) is 2. The highest BCUT2D eigenvalue weighted by Crippen LogP contribution is 2.62. The van der Waals surface area contributed by atoms with Crippen molar-refractivity contribution in [3.8, 4) is 0 Å². The highest BCUT2D eigenvalue weighted by molar-refractivity contribution is 5.75. The van der Waals surface area contributed by atoms with Crippen molar-refractivity contribution in [1.82, 2.24) is 10.6 Å². The Labute approximate surface area is 126 Å². The first-order chi connectivity index (χ1) is 9.66. The van der Waals surface area contributed by atoms with Gasteiger partial charge in [0.05, 0.1) is 5.92 Å². The van der Waals surface area contributed by atoms with Gasteiger partial charge in [-0.05, 0) is 42.4 Å². The summed E-state index contributed by atoms with van der Waals surface area (Å²) in [4.78, 5) is 22.9. The molecule has 0 heterocycles. The van der Waals surface area contributed by atoms with E-state index in [-0.39, 0.29) is 28.8 Å². The van der Waals surface area contributed by atoms with Crippen LogP contribution in [0.5, 0.6) is 0 Å². The predicted octanol–water partition coefficient (Wildman–Crippen LogP) is 2.61. The van der Waals surface area contributed by atoms with Crippen LogP contribution in [0.3, 0.4) is 0 Å². The topological polar surface area (TPSA) is 78.4 Å². The summed E-state index contributed by atoms with van der Waals surface area (Å²) in [5, 5.41) is 15.0. The van der Waals surface area contributed by atoms with Gasteiger partial charge in [-0.1, -0.05) is 27.7 Å². The summed E-state index contributed by atoms with van der Waals surface area (Å²) in [5.74, 6) is -0.466. The Bertz CT molecular complexity index is 409. The number of carbonyl (C=O) groups is 2. The highest BCUT2D eigenvalue weighted by atomic mass is 16.4. The third-order valence-electron chi connectivity index (χ3n) is 6.04. The summed E-state index contributed by atoms with van der Waals surface area (Å²) >= 11 is 0. The fourth-order valence-corrected chi connectivity index (χ4v) is 3.59. The molecule has 0 saturated heterocycles. The van der Waals surface area contributed by atoms with Crippen molar-refractivity contribution in [2.24, 2.45) is 22.7 Å². The fourth-order valence-electron chi connectivity index (χ4n) is 3.59. The fraction of sp³-hybridized carbons (Fsp3) is 0.875. The van der Waals surface area contributed by atoms with E-state index < -0.39 is 5.97 Å². The number of carboxylic acids is 1. The molecule has 3 N–H and O–H groups in total. The first kappa shape index (κ1) is 16.1. The lowest BCUT2D eigenvalue weighted by molar-refractivity contribution is -0.143. The van der Waals surface area contributed by atoms with Crippen molar-refractivity contribution in [1.29, 1.82) is 0 Å². The van der Waals surface area contributed by atoms with Gasteiger partial charge in [0.1, 0.15) is 0 Å². The average Bonchev–Trinajstić information content (AvgIpc) is 2.79. The summed E-state index contributed by atoms with van der Waals surface area (Å²) in [6.07, 6.45) is 3.23. The molecule has 5 nitrogen and oxygen atoms in total. The molecule has 2 rings (SSSR count). The zero-order valence-corrected chi connectivity index (χ0v) is 13.5. The molecule has 0 atom stereocenters. The molecule has 0 radical (unpaired) electrons. The Morgan fingerprint density at radius 1 is 1.05 bits per heavy atom. The predicted molar refractivity (Wildman–Crippen MR) is 81.0 cm³/mol. The van der Waals surface area contributed by atoms with Crippen molar-refractivity contribution >= 4 is 12.0 Å². The summed E-state index contributed by atoms with van der Waals surface area (Å²) in [6.45, 7) is 9.33. The van der Waals surface area contributed by atoms with Gasteiger partial charge in [0.25, 0.3) is 0 Å². The van der Waals surface area contributed by atoms with Gasteiger partial charge in [-0.25, -0.2) is 4.79 Å². The lowest BCUT2D eigenvalue weighted by Crippen LogP contribution is -2.41. The van der Waals surface area contributed by atoms with Crippen molar-refractivity contribution in [2.45, 2.75) is 59.4 Å². The molecule has 2 aliphatic rings. The van der Waals surface area contributed by atoms with E-state index in [0.717, 1.165) is 25.7 Å². The molecule has 0 spiro atoms. The lowest BCUT2D eigenvalue weighted by atomic mass is 9.82. The van der Waals surface area contributed by atoms with Crippen molar-refractivity contribution < 1.29 is 14.7 Å². The number of rotatable bonds is 4. The molecule has 21 heavy (non-hydrogen) atoms. The van der Waals surface area contributed by atoms with Gasteiger partial charge in [0.15, 0.2) is 0 Å². The molecule has 120 valence electrons. The summed E-state index contributed by atoms with van der Waals surface area (Å²) < 4.78 is 0. The van der Waals surface area contributed by atoms with E-state index in [2.05, 4.69) is 38.3 Å². The van der Waals surface area contributed by atoms with Gasteiger partial charge in [-0.15, -0.1) is 0 Å². The zero-order chi connectivity index (χ0) is 15.8. The van der Waals surface area contributed by atoms with Gasteiger partial charge >= 0.3 is 12.0 Å². The molecule has 0 aromatic carbocycles. The number of carbonyl (C=O) groups excluding carboxylic acids is 1. The monoisotopic (exact) mass is 296 g/mol. The lowest BCUT2D eigenvalue weighted by Gasteiger charge is -2.26. The van der Waals surface area contributed by atoms with Crippen molar-refractivity contribution in [3.05, 3.63) is 0 Å². The standard InChI is InChI=1S/C16H28N2O3/c1-15(2)13(16(15,3)4)18-14(21)17-9-10-5-7-11(8-6-10)12(19)20/h10-11,13H,5-9H2,1-4H3,(H,19,20)(H2,17,18,21). The summed E-state index contributed by atoms with van der Waals surface area (Å²) in [5.41, 5.74) is 0.285. The molecule has 2 amide bonds. The normalized spacial score (nSPS) is 30.5. The molecular formula is C16H28N2O3. The molecule has 0 aliphatic heterocycles. The number of amides is 2. The van der Waals surface area contributed by atoms with Crippen LogP contribution in [0.1, 0.15) is 53.4 Å². The second-order valence-corrected chi connectivity index (χ2v) is 7.79.